The number of nitrogens with zero attached hydrogens (tertiary/aromatic N) is 1. The third kappa shape index (κ3) is 4.18. The van der Waals surface area contributed by atoms with Crippen LogP contribution in [0.3, 0.4) is 0 Å². The van der Waals surface area contributed by atoms with E-state index in [1.54, 1.807) is 0 Å². The molecule has 2 rings (SSSR count). The molecule has 0 aromatic rings. The highest BCUT2D eigenvalue weighted by Crippen LogP contribution is 2.20. The SMILES string of the molecule is CC(C)C1CSC(=NCCC2CCCCO2)N1. The molecule has 0 aromatic carbocycles. The Morgan fingerprint density at radius 1 is 1.47 bits per heavy atom. The van der Waals surface area contributed by atoms with Crippen molar-refractivity contribution in [3.63, 3.8) is 0 Å². The van der Waals surface area contributed by atoms with Crippen molar-refractivity contribution >= 4 is 16.9 Å². The quantitative estimate of drug-likeness (QED) is 0.839. The maximum atomic E-state index is 5.71. The smallest absolute Gasteiger partial charge is 0.156 e. The van der Waals surface area contributed by atoms with Crippen molar-refractivity contribution in [2.45, 2.75) is 51.7 Å². The second-order valence-electron chi connectivity index (χ2n) is 5.27. The Bertz CT molecular complexity index is 262. The largest absolute Gasteiger partial charge is 0.378 e. The number of rotatable bonds is 4. The lowest BCUT2D eigenvalue weighted by Gasteiger charge is -2.21. The highest BCUT2D eigenvalue weighted by Gasteiger charge is 2.22. The Balaban J connectivity index is 1.67. The summed E-state index contributed by atoms with van der Waals surface area (Å²) >= 11 is 1.86. The molecule has 0 amide bonds. The van der Waals surface area contributed by atoms with Gasteiger partial charge in [0.1, 0.15) is 0 Å². The van der Waals surface area contributed by atoms with Crippen LogP contribution in [0.5, 0.6) is 0 Å². The number of thioether (sulfide) groups is 1. The van der Waals surface area contributed by atoms with Gasteiger partial charge in [-0.15, -0.1) is 0 Å². The normalized spacial score (nSPS) is 32.1. The lowest BCUT2D eigenvalue weighted by atomic mass is 10.1. The predicted octanol–water partition coefficient (Wildman–Crippen LogP) is 2.66. The fourth-order valence-electron chi connectivity index (χ4n) is 2.21. The van der Waals surface area contributed by atoms with Gasteiger partial charge < -0.3 is 10.1 Å². The summed E-state index contributed by atoms with van der Waals surface area (Å²) in [5.41, 5.74) is 0. The Labute approximate surface area is 109 Å². The zero-order chi connectivity index (χ0) is 12.1. The second-order valence-corrected chi connectivity index (χ2v) is 6.28. The molecule has 2 aliphatic rings. The molecular formula is C13H24N2OS. The average molecular weight is 256 g/mol. The molecule has 4 heteroatoms. The third-order valence-electron chi connectivity index (χ3n) is 3.49. The van der Waals surface area contributed by atoms with Crippen LogP contribution in [0.1, 0.15) is 39.5 Å². The van der Waals surface area contributed by atoms with Crippen molar-refractivity contribution in [2.24, 2.45) is 10.9 Å². The number of hydrogen-bond acceptors (Lipinski definition) is 3. The van der Waals surface area contributed by atoms with Gasteiger partial charge in [-0.25, -0.2) is 0 Å². The van der Waals surface area contributed by atoms with Gasteiger partial charge in [0.25, 0.3) is 0 Å². The van der Waals surface area contributed by atoms with Crippen molar-refractivity contribution in [3.8, 4) is 0 Å². The van der Waals surface area contributed by atoms with Gasteiger partial charge in [-0.2, -0.15) is 0 Å². The Morgan fingerprint density at radius 3 is 3.00 bits per heavy atom. The van der Waals surface area contributed by atoms with Crippen LogP contribution in [-0.2, 0) is 4.74 Å². The summed E-state index contributed by atoms with van der Waals surface area (Å²) in [5, 5.41) is 4.64. The molecule has 0 aromatic heterocycles. The fourth-order valence-corrected chi connectivity index (χ4v) is 3.43. The topological polar surface area (TPSA) is 33.6 Å². The first kappa shape index (κ1) is 13.2. The minimum atomic E-state index is 0.459. The van der Waals surface area contributed by atoms with E-state index in [4.69, 9.17) is 4.74 Å². The van der Waals surface area contributed by atoms with Crippen molar-refractivity contribution < 1.29 is 4.74 Å². The summed E-state index contributed by atoms with van der Waals surface area (Å²) in [4.78, 5) is 4.64. The number of hydrogen-bond donors (Lipinski definition) is 1. The van der Waals surface area contributed by atoms with Crippen LogP contribution >= 0.6 is 11.8 Å². The van der Waals surface area contributed by atoms with E-state index in [0.717, 1.165) is 30.5 Å². The van der Waals surface area contributed by atoms with E-state index in [2.05, 4.69) is 24.2 Å². The zero-order valence-corrected chi connectivity index (χ0v) is 11.8. The highest BCUT2D eigenvalue weighted by atomic mass is 32.2. The number of nitrogens with one attached hydrogen (secondary N) is 1. The van der Waals surface area contributed by atoms with E-state index >= 15 is 0 Å². The van der Waals surface area contributed by atoms with E-state index in [9.17, 15) is 0 Å². The summed E-state index contributed by atoms with van der Waals surface area (Å²) in [6.45, 7) is 6.38. The van der Waals surface area contributed by atoms with Crippen LogP contribution in [0.2, 0.25) is 0 Å². The molecule has 0 spiro atoms. The van der Waals surface area contributed by atoms with E-state index in [-0.39, 0.29) is 0 Å². The summed E-state index contributed by atoms with van der Waals surface area (Å²) in [6, 6.07) is 0.602. The number of amidine groups is 1. The summed E-state index contributed by atoms with van der Waals surface area (Å²) < 4.78 is 5.71. The molecule has 0 bridgehead atoms. The lowest BCUT2D eigenvalue weighted by molar-refractivity contribution is 0.0129. The van der Waals surface area contributed by atoms with Gasteiger partial charge in [0.05, 0.1) is 6.10 Å². The van der Waals surface area contributed by atoms with Gasteiger partial charge in [0, 0.05) is 24.9 Å². The molecule has 3 nitrogen and oxygen atoms in total. The van der Waals surface area contributed by atoms with Crippen LogP contribution < -0.4 is 5.32 Å². The predicted molar refractivity (Wildman–Crippen MR) is 74.7 cm³/mol. The molecule has 2 unspecified atom stereocenters. The number of aliphatic imine (C=N–C) groups is 1. The zero-order valence-electron chi connectivity index (χ0n) is 10.9. The minimum Gasteiger partial charge on any atom is -0.378 e. The molecular weight excluding hydrogens is 232 g/mol. The van der Waals surface area contributed by atoms with Gasteiger partial charge >= 0.3 is 0 Å². The van der Waals surface area contributed by atoms with Gasteiger partial charge in [-0.3, -0.25) is 4.99 Å². The molecule has 98 valence electrons. The maximum Gasteiger partial charge on any atom is 0.156 e. The van der Waals surface area contributed by atoms with Crippen LogP contribution in [0.4, 0.5) is 0 Å². The molecule has 2 heterocycles. The van der Waals surface area contributed by atoms with Crippen LogP contribution in [-0.4, -0.2) is 36.2 Å². The molecule has 0 radical (unpaired) electrons. The van der Waals surface area contributed by atoms with Crippen molar-refractivity contribution in [3.05, 3.63) is 0 Å². The van der Waals surface area contributed by atoms with Crippen molar-refractivity contribution in [1.29, 1.82) is 0 Å². The van der Waals surface area contributed by atoms with Crippen molar-refractivity contribution in [1.82, 2.24) is 5.32 Å². The van der Waals surface area contributed by atoms with E-state index < -0.39 is 0 Å². The van der Waals surface area contributed by atoms with Crippen LogP contribution in [0.25, 0.3) is 0 Å². The standard InChI is InChI=1S/C13H24N2OS/c1-10(2)12-9-17-13(15-12)14-7-6-11-5-3-4-8-16-11/h10-12H,3-9H2,1-2H3,(H,14,15). The van der Waals surface area contributed by atoms with Gasteiger partial charge in [-0.1, -0.05) is 25.6 Å². The van der Waals surface area contributed by atoms with Crippen LogP contribution in [0.15, 0.2) is 4.99 Å². The van der Waals surface area contributed by atoms with E-state index in [1.807, 2.05) is 11.8 Å². The maximum absolute atomic E-state index is 5.71. The molecule has 2 saturated heterocycles. The summed E-state index contributed by atoms with van der Waals surface area (Å²) in [6.07, 6.45) is 5.32. The van der Waals surface area contributed by atoms with Gasteiger partial charge in [0.15, 0.2) is 5.17 Å². The first-order valence-corrected chi connectivity index (χ1v) is 7.79. The molecule has 1 N–H and O–H groups in total. The number of ether oxygens (including phenoxy) is 1. The Morgan fingerprint density at radius 2 is 2.35 bits per heavy atom. The minimum absolute atomic E-state index is 0.459. The van der Waals surface area contributed by atoms with Gasteiger partial charge in [-0.05, 0) is 31.6 Å². The lowest BCUT2D eigenvalue weighted by Crippen LogP contribution is -2.31. The molecule has 0 saturated carbocycles. The molecule has 0 aliphatic carbocycles. The highest BCUT2D eigenvalue weighted by molar-refractivity contribution is 8.14. The average Bonchev–Trinajstić information content (AvgIpc) is 2.79. The first-order chi connectivity index (χ1) is 8.25. The Hall–Kier alpha value is -0.220. The monoisotopic (exact) mass is 256 g/mol. The molecule has 2 atom stereocenters. The summed E-state index contributed by atoms with van der Waals surface area (Å²) in [5.74, 6) is 1.85. The molecule has 17 heavy (non-hydrogen) atoms. The molecule has 2 aliphatic heterocycles. The molecule has 2 fully saturated rings. The second kappa shape index (κ2) is 6.64. The fraction of sp³-hybridized carbons (Fsp3) is 0.923. The van der Waals surface area contributed by atoms with E-state index in [1.165, 1.54) is 19.3 Å². The van der Waals surface area contributed by atoms with Gasteiger partial charge in [0.2, 0.25) is 0 Å². The van der Waals surface area contributed by atoms with Crippen LogP contribution in [0, 0.1) is 5.92 Å². The first-order valence-electron chi connectivity index (χ1n) is 6.81. The third-order valence-corrected chi connectivity index (χ3v) is 4.54. The van der Waals surface area contributed by atoms with E-state index in [0.29, 0.717) is 18.1 Å². The summed E-state index contributed by atoms with van der Waals surface area (Å²) in [7, 11) is 0. The Kier molecular flexibility index (Phi) is 5.16. The van der Waals surface area contributed by atoms with Crippen molar-refractivity contribution in [2.75, 3.05) is 18.9 Å².